The standard InChI is InChI=1S/C19H23N3O3/c1-13-6-3-4-7-15(13)19(24)22-16-10-9-14(25-2)12-17(16)21-18(23)8-5-11-20/h3-4,6-7,9-10,12H,5,8,11,20H2,1-2H3,(H,21,23)(H,22,24). The molecular weight excluding hydrogens is 318 g/mol. The SMILES string of the molecule is COc1ccc(NC(=O)c2ccccc2C)c(NC(=O)CCCN)c1. The van der Waals surface area contributed by atoms with E-state index >= 15 is 0 Å². The number of aryl methyl sites for hydroxylation is 1. The van der Waals surface area contributed by atoms with Crippen LogP contribution in [-0.2, 0) is 4.79 Å². The molecule has 132 valence electrons. The molecule has 0 atom stereocenters. The van der Waals surface area contributed by atoms with Crippen LogP contribution in [0.2, 0.25) is 0 Å². The lowest BCUT2D eigenvalue weighted by atomic mass is 10.1. The second-order valence-electron chi connectivity index (χ2n) is 5.62. The lowest BCUT2D eigenvalue weighted by Crippen LogP contribution is -2.18. The van der Waals surface area contributed by atoms with Crippen molar-refractivity contribution in [3.05, 3.63) is 53.6 Å². The molecule has 0 aliphatic carbocycles. The predicted octanol–water partition coefficient (Wildman–Crippen LogP) is 2.93. The molecule has 6 heteroatoms. The van der Waals surface area contributed by atoms with Crippen LogP contribution < -0.4 is 21.1 Å². The Bertz CT molecular complexity index is 759. The van der Waals surface area contributed by atoms with E-state index in [9.17, 15) is 9.59 Å². The Morgan fingerprint density at radius 3 is 2.52 bits per heavy atom. The summed E-state index contributed by atoms with van der Waals surface area (Å²) >= 11 is 0. The summed E-state index contributed by atoms with van der Waals surface area (Å²) in [6.45, 7) is 2.32. The van der Waals surface area contributed by atoms with Gasteiger partial charge in [-0.05, 0) is 43.7 Å². The van der Waals surface area contributed by atoms with Gasteiger partial charge in [0.25, 0.3) is 5.91 Å². The van der Waals surface area contributed by atoms with Crippen molar-refractivity contribution < 1.29 is 14.3 Å². The molecule has 4 N–H and O–H groups in total. The Balaban J connectivity index is 2.23. The van der Waals surface area contributed by atoms with E-state index in [0.717, 1.165) is 5.56 Å². The Morgan fingerprint density at radius 2 is 1.84 bits per heavy atom. The van der Waals surface area contributed by atoms with Crippen molar-refractivity contribution in [3.63, 3.8) is 0 Å². The zero-order valence-corrected chi connectivity index (χ0v) is 14.5. The average Bonchev–Trinajstić information content (AvgIpc) is 2.61. The molecule has 0 saturated carbocycles. The molecule has 2 rings (SSSR count). The van der Waals surface area contributed by atoms with Gasteiger partial charge < -0.3 is 21.1 Å². The van der Waals surface area contributed by atoms with Crippen molar-refractivity contribution in [2.45, 2.75) is 19.8 Å². The summed E-state index contributed by atoms with van der Waals surface area (Å²) in [5.74, 6) is 0.189. The van der Waals surface area contributed by atoms with Crippen molar-refractivity contribution in [2.24, 2.45) is 5.73 Å². The van der Waals surface area contributed by atoms with Crippen LogP contribution in [0.5, 0.6) is 5.75 Å². The molecule has 0 fully saturated rings. The fraction of sp³-hybridized carbons (Fsp3) is 0.263. The number of nitrogens with two attached hydrogens (primary N) is 1. The van der Waals surface area contributed by atoms with E-state index in [-0.39, 0.29) is 11.8 Å². The van der Waals surface area contributed by atoms with Gasteiger partial charge in [0.2, 0.25) is 5.91 Å². The fourth-order valence-electron chi connectivity index (χ4n) is 2.36. The number of anilines is 2. The molecule has 0 aromatic heterocycles. The number of methoxy groups -OCH3 is 1. The molecule has 2 amide bonds. The minimum atomic E-state index is -0.235. The first-order valence-corrected chi connectivity index (χ1v) is 8.10. The van der Waals surface area contributed by atoms with Crippen molar-refractivity contribution in [1.82, 2.24) is 0 Å². The molecule has 0 aliphatic heterocycles. The maximum atomic E-state index is 12.5. The van der Waals surface area contributed by atoms with E-state index in [0.29, 0.717) is 42.1 Å². The Hall–Kier alpha value is -2.86. The highest BCUT2D eigenvalue weighted by Crippen LogP contribution is 2.28. The number of ether oxygens (including phenoxy) is 1. The number of amides is 2. The van der Waals surface area contributed by atoms with Gasteiger partial charge in [-0.3, -0.25) is 9.59 Å². The van der Waals surface area contributed by atoms with Crippen molar-refractivity contribution in [3.8, 4) is 5.75 Å². The number of hydrogen-bond acceptors (Lipinski definition) is 4. The van der Waals surface area contributed by atoms with E-state index in [2.05, 4.69) is 10.6 Å². The molecule has 0 spiro atoms. The van der Waals surface area contributed by atoms with Gasteiger partial charge in [0.05, 0.1) is 18.5 Å². The Morgan fingerprint density at radius 1 is 1.08 bits per heavy atom. The maximum Gasteiger partial charge on any atom is 0.255 e. The van der Waals surface area contributed by atoms with Gasteiger partial charge in [-0.2, -0.15) is 0 Å². The van der Waals surface area contributed by atoms with Gasteiger partial charge in [-0.25, -0.2) is 0 Å². The molecule has 6 nitrogen and oxygen atoms in total. The molecule has 2 aromatic carbocycles. The largest absolute Gasteiger partial charge is 0.497 e. The van der Waals surface area contributed by atoms with E-state index in [4.69, 9.17) is 10.5 Å². The first-order valence-electron chi connectivity index (χ1n) is 8.10. The zero-order valence-electron chi connectivity index (χ0n) is 14.5. The summed E-state index contributed by atoms with van der Waals surface area (Å²) in [6, 6.07) is 12.4. The summed E-state index contributed by atoms with van der Waals surface area (Å²) in [7, 11) is 1.54. The third kappa shape index (κ3) is 5.06. The van der Waals surface area contributed by atoms with Crippen LogP contribution in [0.4, 0.5) is 11.4 Å². The third-order valence-corrected chi connectivity index (χ3v) is 3.75. The van der Waals surface area contributed by atoms with E-state index in [1.54, 1.807) is 31.4 Å². The number of nitrogens with one attached hydrogen (secondary N) is 2. The Kier molecular flexibility index (Phi) is 6.54. The highest BCUT2D eigenvalue weighted by molar-refractivity contribution is 6.08. The first-order chi connectivity index (χ1) is 12.0. The van der Waals surface area contributed by atoms with Crippen LogP contribution in [0.3, 0.4) is 0 Å². The smallest absolute Gasteiger partial charge is 0.255 e. The lowest BCUT2D eigenvalue weighted by Gasteiger charge is -2.14. The molecule has 2 aromatic rings. The minimum absolute atomic E-state index is 0.162. The molecule has 0 aliphatic rings. The van der Waals surface area contributed by atoms with Gasteiger partial charge in [-0.1, -0.05) is 18.2 Å². The number of benzene rings is 2. The minimum Gasteiger partial charge on any atom is -0.497 e. The van der Waals surface area contributed by atoms with Gasteiger partial charge in [0.15, 0.2) is 0 Å². The van der Waals surface area contributed by atoms with Crippen LogP contribution in [0.15, 0.2) is 42.5 Å². The molecule has 25 heavy (non-hydrogen) atoms. The van der Waals surface area contributed by atoms with Crippen LogP contribution >= 0.6 is 0 Å². The van der Waals surface area contributed by atoms with E-state index < -0.39 is 0 Å². The molecule has 0 heterocycles. The summed E-state index contributed by atoms with van der Waals surface area (Å²) in [4.78, 5) is 24.5. The summed E-state index contributed by atoms with van der Waals surface area (Å²) < 4.78 is 5.20. The molecular formula is C19H23N3O3. The quantitative estimate of drug-likeness (QED) is 0.722. The fourth-order valence-corrected chi connectivity index (χ4v) is 2.36. The third-order valence-electron chi connectivity index (χ3n) is 3.75. The average molecular weight is 341 g/mol. The number of carbonyl (C=O) groups excluding carboxylic acids is 2. The van der Waals surface area contributed by atoms with Crippen LogP contribution in [0.25, 0.3) is 0 Å². The number of hydrogen-bond donors (Lipinski definition) is 3. The summed E-state index contributed by atoms with van der Waals surface area (Å²) in [6.07, 6.45) is 0.916. The molecule has 0 unspecified atom stereocenters. The second kappa shape index (κ2) is 8.84. The topological polar surface area (TPSA) is 93.5 Å². The lowest BCUT2D eigenvalue weighted by molar-refractivity contribution is -0.116. The highest BCUT2D eigenvalue weighted by Gasteiger charge is 2.13. The monoisotopic (exact) mass is 341 g/mol. The van der Waals surface area contributed by atoms with Crippen molar-refractivity contribution in [2.75, 3.05) is 24.3 Å². The van der Waals surface area contributed by atoms with Gasteiger partial charge in [-0.15, -0.1) is 0 Å². The molecule has 0 bridgehead atoms. The van der Waals surface area contributed by atoms with Crippen molar-refractivity contribution in [1.29, 1.82) is 0 Å². The normalized spacial score (nSPS) is 10.2. The summed E-state index contributed by atoms with van der Waals surface area (Å²) in [5.41, 5.74) is 7.89. The van der Waals surface area contributed by atoms with Gasteiger partial charge in [0, 0.05) is 18.1 Å². The predicted molar refractivity (Wildman–Crippen MR) is 99.0 cm³/mol. The van der Waals surface area contributed by atoms with E-state index in [1.165, 1.54) is 0 Å². The molecule has 0 saturated heterocycles. The zero-order chi connectivity index (χ0) is 18.2. The van der Waals surface area contributed by atoms with Crippen LogP contribution in [-0.4, -0.2) is 25.5 Å². The van der Waals surface area contributed by atoms with Crippen LogP contribution in [0.1, 0.15) is 28.8 Å². The van der Waals surface area contributed by atoms with E-state index in [1.807, 2.05) is 25.1 Å². The highest BCUT2D eigenvalue weighted by atomic mass is 16.5. The molecule has 0 radical (unpaired) electrons. The summed E-state index contributed by atoms with van der Waals surface area (Å²) in [5, 5.41) is 5.65. The van der Waals surface area contributed by atoms with Gasteiger partial charge in [0.1, 0.15) is 5.75 Å². The Labute approximate surface area is 147 Å². The maximum absolute atomic E-state index is 12.5. The first kappa shape index (κ1) is 18.5. The number of rotatable bonds is 7. The second-order valence-corrected chi connectivity index (χ2v) is 5.62. The van der Waals surface area contributed by atoms with Crippen molar-refractivity contribution >= 4 is 23.2 Å². The van der Waals surface area contributed by atoms with Gasteiger partial charge >= 0.3 is 0 Å². The van der Waals surface area contributed by atoms with Crippen LogP contribution in [0, 0.1) is 6.92 Å². The number of carbonyl (C=O) groups is 2.